The van der Waals surface area contributed by atoms with Gasteiger partial charge < -0.3 is 16.2 Å². The molecule has 0 aliphatic rings. The number of rotatable bonds is 4. The Balaban J connectivity index is 2.90. The van der Waals surface area contributed by atoms with Crippen LogP contribution in [0, 0.1) is 12.8 Å². The average Bonchev–Trinajstić information content (AvgIpc) is 2.49. The zero-order valence-corrected chi connectivity index (χ0v) is 10.7. The number of hydrogen-bond donors (Lipinski definition) is 3. The Bertz CT molecular complexity index is 412. The van der Waals surface area contributed by atoms with Crippen molar-refractivity contribution in [3.05, 3.63) is 11.4 Å². The minimum Gasteiger partial charge on any atom is -0.395 e. The van der Waals surface area contributed by atoms with Crippen molar-refractivity contribution >= 4 is 11.6 Å². The summed E-state index contributed by atoms with van der Waals surface area (Å²) in [5.41, 5.74) is 7.13. The average molecular weight is 240 g/mol. The zero-order valence-electron chi connectivity index (χ0n) is 10.7. The lowest BCUT2D eigenvalue weighted by atomic mass is 10.1. The molecule has 0 unspecified atom stereocenters. The number of hydrogen-bond acceptors (Lipinski definition) is 4. The van der Waals surface area contributed by atoms with Gasteiger partial charge >= 0.3 is 0 Å². The summed E-state index contributed by atoms with van der Waals surface area (Å²) in [7, 11) is 1.67. The summed E-state index contributed by atoms with van der Waals surface area (Å²) in [6.45, 7) is 5.51. The van der Waals surface area contributed by atoms with Crippen LogP contribution in [0.15, 0.2) is 0 Å². The quantitative estimate of drug-likeness (QED) is 0.693. The smallest absolute Gasteiger partial charge is 0.272 e. The summed E-state index contributed by atoms with van der Waals surface area (Å²) in [5.74, 6) is -0.155. The number of aryl methyl sites for hydroxylation is 2. The molecular formula is C11H20N4O2. The van der Waals surface area contributed by atoms with Crippen molar-refractivity contribution in [1.82, 2.24) is 15.1 Å². The number of aliphatic hydroxyl groups is 1. The third-order valence-electron chi connectivity index (χ3n) is 2.80. The number of amides is 1. The Morgan fingerprint density at radius 2 is 2.18 bits per heavy atom. The summed E-state index contributed by atoms with van der Waals surface area (Å²) in [4.78, 5) is 12.0. The number of carbonyl (C=O) groups is 1. The molecule has 0 aliphatic carbocycles. The van der Waals surface area contributed by atoms with Crippen LogP contribution in [0.1, 0.15) is 30.0 Å². The second kappa shape index (κ2) is 5.18. The third-order valence-corrected chi connectivity index (χ3v) is 2.80. The lowest BCUT2D eigenvalue weighted by Crippen LogP contribution is -2.42. The molecule has 1 atom stereocenters. The van der Waals surface area contributed by atoms with Crippen molar-refractivity contribution in [3.63, 3.8) is 0 Å². The highest BCUT2D eigenvalue weighted by Gasteiger charge is 2.21. The van der Waals surface area contributed by atoms with Crippen molar-refractivity contribution < 1.29 is 9.90 Å². The maximum absolute atomic E-state index is 12.0. The largest absolute Gasteiger partial charge is 0.395 e. The number of nitrogens with one attached hydrogen (secondary N) is 1. The van der Waals surface area contributed by atoms with Gasteiger partial charge in [-0.25, -0.2) is 0 Å². The van der Waals surface area contributed by atoms with Crippen molar-refractivity contribution in [2.45, 2.75) is 26.8 Å². The van der Waals surface area contributed by atoms with Gasteiger partial charge in [-0.05, 0) is 12.8 Å². The van der Waals surface area contributed by atoms with Gasteiger partial charge in [0.1, 0.15) is 5.69 Å². The predicted molar refractivity (Wildman–Crippen MR) is 65.5 cm³/mol. The minimum absolute atomic E-state index is 0.0971. The highest BCUT2D eigenvalue weighted by molar-refractivity contribution is 5.98. The van der Waals surface area contributed by atoms with E-state index in [1.165, 1.54) is 4.68 Å². The highest BCUT2D eigenvalue weighted by atomic mass is 16.3. The van der Waals surface area contributed by atoms with Crippen LogP contribution in [-0.4, -0.2) is 33.4 Å². The molecule has 1 aromatic heterocycles. The van der Waals surface area contributed by atoms with E-state index in [9.17, 15) is 4.79 Å². The van der Waals surface area contributed by atoms with E-state index in [-0.39, 0.29) is 24.5 Å². The third kappa shape index (κ3) is 2.76. The number of anilines is 1. The van der Waals surface area contributed by atoms with Crippen LogP contribution in [0.3, 0.4) is 0 Å². The molecule has 0 fully saturated rings. The SMILES string of the molecule is Cc1nn(C)c(C(=O)N[C@H](CO)C(C)C)c1N. The lowest BCUT2D eigenvalue weighted by molar-refractivity contribution is 0.0888. The summed E-state index contributed by atoms with van der Waals surface area (Å²) >= 11 is 0. The second-order valence-corrected chi connectivity index (χ2v) is 4.48. The van der Waals surface area contributed by atoms with Crippen molar-refractivity contribution in [2.75, 3.05) is 12.3 Å². The summed E-state index contributed by atoms with van der Waals surface area (Å²) < 4.78 is 1.45. The fourth-order valence-corrected chi connectivity index (χ4v) is 1.60. The Morgan fingerprint density at radius 1 is 1.59 bits per heavy atom. The van der Waals surface area contributed by atoms with E-state index in [1.807, 2.05) is 13.8 Å². The second-order valence-electron chi connectivity index (χ2n) is 4.48. The van der Waals surface area contributed by atoms with Crippen molar-refractivity contribution in [1.29, 1.82) is 0 Å². The number of aromatic nitrogens is 2. The Kier molecular flexibility index (Phi) is 4.11. The molecule has 0 saturated carbocycles. The molecular weight excluding hydrogens is 220 g/mol. The van der Waals surface area contributed by atoms with Gasteiger partial charge in [-0.15, -0.1) is 0 Å². The molecule has 0 aliphatic heterocycles. The van der Waals surface area contributed by atoms with Crippen LogP contribution < -0.4 is 11.1 Å². The van der Waals surface area contributed by atoms with Crippen LogP contribution in [0.5, 0.6) is 0 Å². The number of aliphatic hydroxyl groups excluding tert-OH is 1. The number of nitrogens with zero attached hydrogens (tertiary/aromatic N) is 2. The summed E-state index contributed by atoms with van der Waals surface area (Å²) in [6.07, 6.45) is 0. The first-order valence-corrected chi connectivity index (χ1v) is 5.59. The van der Waals surface area contributed by atoms with Crippen LogP contribution in [0.4, 0.5) is 5.69 Å². The molecule has 6 heteroatoms. The highest BCUT2D eigenvalue weighted by Crippen LogP contribution is 2.15. The van der Waals surface area contributed by atoms with Crippen LogP contribution >= 0.6 is 0 Å². The van der Waals surface area contributed by atoms with Gasteiger partial charge in [0.05, 0.1) is 24.0 Å². The molecule has 0 aromatic carbocycles. The van der Waals surface area contributed by atoms with Gasteiger partial charge in [0.2, 0.25) is 0 Å². The van der Waals surface area contributed by atoms with Crippen LogP contribution in [0.25, 0.3) is 0 Å². The zero-order chi connectivity index (χ0) is 13.2. The maximum atomic E-state index is 12.0. The Morgan fingerprint density at radius 3 is 2.53 bits per heavy atom. The van der Waals surface area contributed by atoms with Crippen molar-refractivity contribution in [2.24, 2.45) is 13.0 Å². The first kappa shape index (κ1) is 13.5. The summed E-state index contributed by atoms with van der Waals surface area (Å²) in [5, 5.41) is 16.0. The van der Waals surface area contributed by atoms with E-state index in [0.717, 1.165) is 0 Å². The molecule has 0 saturated heterocycles. The summed E-state index contributed by atoms with van der Waals surface area (Å²) in [6, 6.07) is -0.280. The first-order chi connectivity index (χ1) is 7.88. The van der Waals surface area contributed by atoms with E-state index in [1.54, 1.807) is 14.0 Å². The number of carbonyl (C=O) groups excluding carboxylic acids is 1. The maximum Gasteiger partial charge on any atom is 0.272 e. The monoisotopic (exact) mass is 240 g/mol. The number of nitrogen functional groups attached to an aromatic ring is 1. The fraction of sp³-hybridized carbons (Fsp3) is 0.636. The molecule has 1 aromatic rings. The van der Waals surface area contributed by atoms with E-state index in [2.05, 4.69) is 10.4 Å². The van der Waals surface area contributed by atoms with E-state index in [4.69, 9.17) is 10.8 Å². The van der Waals surface area contributed by atoms with Gasteiger partial charge in [0.15, 0.2) is 0 Å². The standard InChI is InChI=1S/C11H20N4O2/c1-6(2)8(5-16)13-11(17)10-9(12)7(3)14-15(10)4/h6,8,16H,5,12H2,1-4H3,(H,13,17)/t8-/m1/s1. The molecule has 1 amide bonds. The van der Waals surface area contributed by atoms with Crippen LogP contribution in [0.2, 0.25) is 0 Å². The Labute approximate surface area is 101 Å². The van der Waals surface area contributed by atoms with Crippen molar-refractivity contribution in [3.8, 4) is 0 Å². The first-order valence-electron chi connectivity index (χ1n) is 5.59. The topological polar surface area (TPSA) is 93.2 Å². The van der Waals surface area contributed by atoms with E-state index < -0.39 is 0 Å². The van der Waals surface area contributed by atoms with E-state index in [0.29, 0.717) is 17.1 Å². The molecule has 1 rings (SSSR count). The molecule has 6 nitrogen and oxygen atoms in total. The molecule has 1 heterocycles. The Hall–Kier alpha value is -1.56. The number of nitrogens with two attached hydrogens (primary N) is 1. The van der Waals surface area contributed by atoms with Crippen LogP contribution in [-0.2, 0) is 7.05 Å². The molecule has 0 bridgehead atoms. The molecule has 17 heavy (non-hydrogen) atoms. The fourth-order valence-electron chi connectivity index (χ4n) is 1.60. The lowest BCUT2D eigenvalue weighted by Gasteiger charge is -2.19. The van der Waals surface area contributed by atoms with Gasteiger partial charge in [-0.1, -0.05) is 13.8 Å². The van der Waals surface area contributed by atoms with Gasteiger partial charge in [0, 0.05) is 7.05 Å². The minimum atomic E-state index is -0.307. The normalized spacial score (nSPS) is 12.8. The van der Waals surface area contributed by atoms with Gasteiger partial charge in [0.25, 0.3) is 5.91 Å². The van der Waals surface area contributed by atoms with Gasteiger partial charge in [-0.3, -0.25) is 9.48 Å². The molecule has 96 valence electrons. The predicted octanol–water partition coefficient (Wildman–Crippen LogP) is 0.0574. The molecule has 0 spiro atoms. The van der Waals surface area contributed by atoms with E-state index >= 15 is 0 Å². The molecule has 0 radical (unpaired) electrons. The molecule has 4 N–H and O–H groups in total. The van der Waals surface area contributed by atoms with Gasteiger partial charge in [-0.2, -0.15) is 5.10 Å².